The average Bonchev–Trinajstić information content (AvgIpc) is 3.99. The molecule has 3 unspecified atom stereocenters. The van der Waals surface area contributed by atoms with Gasteiger partial charge in [0.1, 0.15) is 0 Å². The van der Waals surface area contributed by atoms with E-state index in [2.05, 4.69) is 126 Å². The number of Topliss-reactive ketones (excluding diaryl/α,β-unsaturated/α-hetero) is 2. The molecule has 0 aliphatic heterocycles. The van der Waals surface area contributed by atoms with Crippen molar-refractivity contribution >= 4 is 28.9 Å². The molecule has 0 bridgehead atoms. The average molecular weight is 1050 g/mol. The molecule has 2 aromatic rings. The van der Waals surface area contributed by atoms with Crippen molar-refractivity contribution in [2.75, 3.05) is 0 Å². The van der Waals surface area contributed by atoms with Crippen LogP contribution in [0.4, 0.5) is 0 Å². The molecule has 6 aliphatic rings. The predicted molar refractivity (Wildman–Crippen MR) is 319 cm³/mol. The van der Waals surface area contributed by atoms with Gasteiger partial charge in [-0.25, -0.2) is 0 Å². The molecule has 1 aromatic carbocycles. The van der Waals surface area contributed by atoms with Crippen LogP contribution in [0.25, 0.3) is 0 Å². The van der Waals surface area contributed by atoms with Gasteiger partial charge >= 0.3 is 0 Å². The van der Waals surface area contributed by atoms with E-state index in [1.165, 1.54) is 87.1 Å². The van der Waals surface area contributed by atoms with Crippen LogP contribution < -0.4 is 0 Å². The standard InChI is InChI=1S/C17H20O.C13H22.C12H22.2C10H12O2.C7H11N3/c1-17(2,3)16(18)15-11-10-13-8-6-4-5-7-9-14(13)12-15;1-13(2,3)12-10-8-6-4-5-7-9-11(10)12;1-12(2,3)11-9-7-5-4-6-8-10-11;1-10(2,3)7-4-5-8(11)9(12)6-7;1-10(2,3)7-5-4-6-8(11)9(7)12;1-7(2,3)6-4-5-8-10-9-6/h10-12H,6-9H2,1-3H3;4-5,10-12H,6-9H2,1-3H3;4-5,11H,6-10H2,1-3H3;2*4-6H,1-3H3;4-5H,1-3H3/b;2*5-4+;;;. The summed E-state index contributed by atoms with van der Waals surface area (Å²) in [6, 6.07) is 8.05. The molecule has 8 heteroatoms. The number of benzene rings is 1. The van der Waals surface area contributed by atoms with Gasteiger partial charge in [-0.15, -0.1) is 22.0 Å². The summed E-state index contributed by atoms with van der Waals surface area (Å²) in [6.07, 6.45) is 36.4. The van der Waals surface area contributed by atoms with Gasteiger partial charge in [0.2, 0.25) is 23.1 Å². The summed E-state index contributed by atoms with van der Waals surface area (Å²) in [5.41, 5.74) is 6.52. The van der Waals surface area contributed by atoms with E-state index in [1.807, 2.05) is 74.4 Å². The minimum absolute atomic E-state index is 0.0626. The van der Waals surface area contributed by atoms with Crippen LogP contribution in [-0.2, 0) is 37.4 Å². The molecule has 0 amide bonds. The first-order chi connectivity index (χ1) is 35.6. The van der Waals surface area contributed by atoms with Crippen molar-refractivity contribution in [3.63, 3.8) is 0 Å². The van der Waals surface area contributed by atoms with E-state index in [4.69, 9.17) is 0 Å². The molecule has 8 nitrogen and oxygen atoms in total. The summed E-state index contributed by atoms with van der Waals surface area (Å²) in [5, 5.41) is 11.0. The highest BCUT2D eigenvalue weighted by Gasteiger charge is 2.54. The molecule has 0 N–H and O–H groups in total. The van der Waals surface area contributed by atoms with Gasteiger partial charge in [0.15, 0.2) is 5.78 Å². The van der Waals surface area contributed by atoms with E-state index in [0.717, 1.165) is 66.2 Å². The van der Waals surface area contributed by atoms with Crippen molar-refractivity contribution in [2.24, 2.45) is 50.7 Å². The first-order valence-corrected chi connectivity index (χ1v) is 28.7. The molecule has 1 heterocycles. The number of aryl methyl sites for hydroxylation is 2. The second-order valence-corrected chi connectivity index (χ2v) is 27.9. The predicted octanol–water partition coefficient (Wildman–Crippen LogP) is 16.5. The smallest absolute Gasteiger partial charge is 0.229 e. The van der Waals surface area contributed by atoms with Gasteiger partial charge in [0.05, 0.1) is 11.9 Å². The zero-order chi connectivity index (χ0) is 58.0. The van der Waals surface area contributed by atoms with Gasteiger partial charge in [-0.05, 0) is 168 Å². The highest BCUT2D eigenvalue weighted by molar-refractivity contribution is 6.48. The Kier molecular flexibility index (Phi) is 24.8. The lowest BCUT2D eigenvalue weighted by atomic mass is 9.75. The summed E-state index contributed by atoms with van der Waals surface area (Å²) in [4.78, 5) is 56.3. The van der Waals surface area contributed by atoms with Crippen LogP contribution in [0.1, 0.15) is 222 Å². The number of hydrogen-bond donors (Lipinski definition) is 0. The number of nitrogens with zero attached hydrogens (tertiary/aromatic N) is 3. The highest BCUT2D eigenvalue weighted by atomic mass is 16.2. The van der Waals surface area contributed by atoms with Gasteiger partial charge < -0.3 is 0 Å². The number of aromatic nitrogens is 3. The van der Waals surface area contributed by atoms with Crippen LogP contribution in [0.5, 0.6) is 0 Å². The molecular weight excluding hydrogens is 951 g/mol. The summed E-state index contributed by atoms with van der Waals surface area (Å²) < 4.78 is 0. The Morgan fingerprint density at radius 3 is 1.61 bits per heavy atom. The number of fused-ring (bicyclic) bond motifs is 2. The molecule has 0 spiro atoms. The fourth-order valence-corrected chi connectivity index (χ4v) is 10.3. The summed E-state index contributed by atoms with van der Waals surface area (Å²) in [5.74, 6) is 9.01. The summed E-state index contributed by atoms with van der Waals surface area (Å²) in [7, 11) is 0. The molecular formula is C69H99N3O5. The number of ketones is 5. The van der Waals surface area contributed by atoms with Crippen molar-refractivity contribution in [3.8, 4) is 11.8 Å². The lowest BCUT2D eigenvalue weighted by Gasteiger charge is -2.31. The number of hydrogen-bond acceptors (Lipinski definition) is 8. The minimum Gasteiger partial charge on any atom is -0.294 e. The second kappa shape index (κ2) is 29.0. The molecule has 3 atom stereocenters. The zero-order valence-electron chi connectivity index (χ0n) is 51.0. The normalized spacial score (nSPS) is 22.2. The van der Waals surface area contributed by atoms with Crippen LogP contribution in [0.3, 0.4) is 0 Å². The number of carbonyl (C=O) groups excluding carboxylic acids is 5. The van der Waals surface area contributed by atoms with E-state index in [9.17, 15) is 24.0 Å². The SMILES string of the molecule is CC(C)(C)C(=O)c1ccc2c(c1)CCC#CCC2.CC(C)(C)C1=CC(=O)C(=O)C=C1.CC(C)(C)C1=CC=CC(=O)C1=O.CC(C)(C)C1C2CC/C=C/CCC21.CC(C)(C)C1CC/C=C/CCC1.CC(C)(C)c1ccnnn1. The van der Waals surface area contributed by atoms with Gasteiger partial charge in [-0.2, -0.15) is 0 Å². The molecule has 420 valence electrons. The lowest BCUT2D eigenvalue weighted by molar-refractivity contribution is -0.132. The Morgan fingerprint density at radius 2 is 1.14 bits per heavy atom. The highest BCUT2D eigenvalue weighted by Crippen LogP contribution is 2.60. The fraction of sp³-hybridized carbons (Fsp3) is 0.594. The fourth-order valence-electron chi connectivity index (χ4n) is 10.3. The number of carbonyl (C=O) groups is 5. The minimum atomic E-state index is -0.428. The maximum Gasteiger partial charge on any atom is 0.229 e. The Morgan fingerprint density at radius 1 is 0.571 bits per heavy atom. The van der Waals surface area contributed by atoms with Crippen LogP contribution in [-0.4, -0.2) is 44.3 Å². The summed E-state index contributed by atoms with van der Waals surface area (Å²) >= 11 is 0. The quantitative estimate of drug-likeness (QED) is 0.0909. The van der Waals surface area contributed by atoms with E-state index in [-0.39, 0.29) is 33.2 Å². The van der Waals surface area contributed by atoms with Crippen molar-refractivity contribution in [1.29, 1.82) is 0 Å². The van der Waals surface area contributed by atoms with Gasteiger partial charge in [-0.3, -0.25) is 24.0 Å². The molecule has 77 heavy (non-hydrogen) atoms. The molecule has 1 aromatic heterocycles. The van der Waals surface area contributed by atoms with Crippen LogP contribution in [0, 0.1) is 62.6 Å². The van der Waals surface area contributed by atoms with Crippen molar-refractivity contribution < 1.29 is 24.0 Å². The largest absolute Gasteiger partial charge is 0.294 e. The molecule has 6 aliphatic carbocycles. The topological polar surface area (TPSA) is 124 Å². The van der Waals surface area contributed by atoms with E-state index >= 15 is 0 Å². The van der Waals surface area contributed by atoms with Crippen molar-refractivity contribution in [1.82, 2.24) is 15.4 Å². The van der Waals surface area contributed by atoms with Crippen LogP contribution in [0.2, 0.25) is 0 Å². The molecule has 0 saturated heterocycles. The third-order valence-corrected chi connectivity index (χ3v) is 15.0. The maximum atomic E-state index is 12.3. The molecule has 1 saturated carbocycles. The van der Waals surface area contributed by atoms with Gasteiger partial charge in [0, 0.05) is 34.8 Å². The molecule has 0 radical (unpaired) electrons. The van der Waals surface area contributed by atoms with E-state index < -0.39 is 17.3 Å². The van der Waals surface area contributed by atoms with Crippen LogP contribution >= 0.6 is 0 Å². The van der Waals surface area contributed by atoms with E-state index in [1.54, 1.807) is 24.4 Å². The lowest BCUT2D eigenvalue weighted by Crippen LogP contribution is -2.25. The Labute approximate surface area is 467 Å². The summed E-state index contributed by atoms with van der Waals surface area (Å²) in [6.45, 7) is 38.3. The number of rotatable bonds is 1. The van der Waals surface area contributed by atoms with E-state index in [0.29, 0.717) is 16.4 Å². The van der Waals surface area contributed by atoms with Gasteiger partial charge in [-0.1, -0.05) is 179 Å². The Balaban J connectivity index is 0.000000246. The van der Waals surface area contributed by atoms with Crippen molar-refractivity contribution in [3.05, 3.63) is 125 Å². The molecule has 8 rings (SSSR count). The molecule has 1 fully saturated rings. The van der Waals surface area contributed by atoms with Crippen molar-refractivity contribution in [2.45, 2.75) is 214 Å². The third-order valence-electron chi connectivity index (χ3n) is 15.0. The first kappa shape index (κ1) is 65.9. The maximum absolute atomic E-state index is 12.3. The Hall–Kier alpha value is -5.42. The van der Waals surface area contributed by atoms with Crippen LogP contribution in [0.15, 0.2) is 102 Å². The zero-order valence-corrected chi connectivity index (χ0v) is 51.0. The third kappa shape index (κ3) is 22.8. The van der Waals surface area contributed by atoms with Gasteiger partial charge in [0.25, 0.3) is 0 Å². The number of allylic oxidation sites excluding steroid dienone is 12. The monoisotopic (exact) mass is 1050 g/mol. The second-order valence-electron chi connectivity index (χ2n) is 27.9. The first-order valence-electron chi connectivity index (χ1n) is 28.7. The Bertz CT molecular complexity index is 2550.